The summed E-state index contributed by atoms with van der Waals surface area (Å²) in [4.78, 5) is 40.3. The minimum absolute atomic E-state index is 0.0286. The van der Waals surface area contributed by atoms with Gasteiger partial charge >= 0.3 is 0 Å². The van der Waals surface area contributed by atoms with E-state index in [4.69, 9.17) is 0 Å². The second-order valence-electron chi connectivity index (χ2n) is 7.26. The molecular formula is C20H24N4O4S. The first kappa shape index (κ1) is 20.8. The van der Waals surface area contributed by atoms with E-state index >= 15 is 0 Å². The fraction of sp³-hybridized carbons (Fsp3) is 0.400. The number of amides is 2. The van der Waals surface area contributed by atoms with Crippen LogP contribution in [0, 0.1) is 16.0 Å². The van der Waals surface area contributed by atoms with Gasteiger partial charge in [0, 0.05) is 44.0 Å². The molecular weight excluding hydrogens is 392 g/mol. The lowest BCUT2D eigenvalue weighted by Crippen LogP contribution is -2.56. The Morgan fingerprint density at radius 3 is 2.28 bits per heavy atom. The van der Waals surface area contributed by atoms with Gasteiger partial charge in [0.05, 0.1) is 9.80 Å². The van der Waals surface area contributed by atoms with E-state index in [9.17, 15) is 19.7 Å². The average Bonchev–Trinajstić information content (AvgIpc) is 3.26. The predicted octanol–water partition coefficient (Wildman–Crippen LogP) is 2.76. The third-order valence-electron chi connectivity index (χ3n) is 4.98. The molecule has 1 aliphatic rings. The molecule has 29 heavy (non-hydrogen) atoms. The minimum Gasteiger partial charge on any atom is -0.368 e. The molecule has 1 N–H and O–H groups in total. The molecule has 0 aliphatic carbocycles. The molecule has 154 valence electrons. The van der Waals surface area contributed by atoms with Crippen LogP contribution in [-0.4, -0.2) is 53.9 Å². The lowest BCUT2D eigenvalue weighted by molar-refractivity contribution is -0.384. The number of nitro groups is 1. The lowest BCUT2D eigenvalue weighted by Gasteiger charge is -2.38. The summed E-state index contributed by atoms with van der Waals surface area (Å²) in [6.07, 6.45) is 0. The molecule has 3 rings (SSSR count). The Morgan fingerprint density at radius 2 is 1.76 bits per heavy atom. The van der Waals surface area contributed by atoms with Crippen molar-refractivity contribution in [1.29, 1.82) is 0 Å². The molecule has 8 nitrogen and oxygen atoms in total. The number of non-ortho nitro benzene ring substituents is 1. The number of nitrogens with zero attached hydrogens (tertiary/aromatic N) is 3. The molecule has 0 saturated carbocycles. The van der Waals surface area contributed by atoms with Gasteiger partial charge in [-0.25, -0.2) is 0 Å². The summed E-state index contributed by atoms with van der Waals surface area (Å²) in [7, 11) is 0. The summed E-state index contributed by atoms with van der Waals surface area (Å²) in [6.45, 7) is 6.18. The minimum atomic E-state index is -0.574. The normalized spacial score (nSPS) is 15.3. The maximum absolute atomic E-state index is 13.0. The second kappa shape index (κ2) is 9.04. The molecule has 9 heteroatoms. The average molecular weight is 417 g/mol. The summed E-state index contributed by atoms with van der Waals surface area (Å²) >= 11 is 1.35. The van der Waals surface area contributed by atoms with Crippen LogP contribution in [-0.2, 0) is 4.79 Å². The molecule has 1 aromatic carbocycles. The first-order valence-electron chi connectivity index (χ1n) is 9.49. The van der Waals surface area contributed by atoms with Crippen LogP contribution in [0.25, 0.3) is 0 Å². The summed E-state index contributed by atoms with van der Waals surface area (Å²) < 4.78 is 0. The predicted molar refractivity (Wildman–Crippen MR) is 112 cm³/mol. The zero-order valence-electron chi connectivity index (χ0n) is 16.4. The van der Waals surface area contributed by atoms with Gasteiger partial charge in [-0.15, -0.1) is 11.3 Å². The fourth-order valence-corrected chi connectivity index (χ4v) is 3.93. The summed E-state index contributed by atoms with van der Waals surface area (Å²) in [5.74, 6) is -0.330. The third-order valence-corrected chi connectivity index (χ3v) is 5.85. The molecule has 1 fully saturated rings. The van der Waals surface area contributed by atoms with Crippen molar-refractivity contribution in [2.24, 2.45) is 5.92 Å². The Hall–Kier alpha value is -2.94. The molecule has 0 unspecified atom stereocenters. The number of thiophene rings is 1. The number of piperazine rings is 1. The van der Waals surface area contributed by atoms with Gasteiger partial charge in [0.25, 0.3) is 11.6 Å². The van der Waals surface area contributed by atoms with Crippen molar-refractivity contribution in [1.82, 2.24) is 10.2 Å². The Bertz CT molecular complexity index is 859. The summed E-state index contributed by atoms with van der Waals surface area (Å²) in [5.41, 5.74) is 0.956. The van der Waals surface area contributed by atoms with Crippen LogP contribution in [0.4, 0.5) is 11.4 Å². The molecule has 0 radical (unpaired) electrons. The van der Waals surface area contributed by atoms with Gasteiger partial charge in [0.2, 0.25) is 5.91 Å². The molecule has 1 aromatic heterocycles. The van der Waals surface area contributed by atoms with E-state index in [1.807, 2.05) is 25.3 Å². The molecule has 0 spiro atoms. The smallest absolute Gasteiger partial charge is 0.269 e. The van der Waals surface area contributed by atoms with E-state index in [0.717, 1.165) is 5.69 Å². The molecule has 0 bridgehead atoms. The number of hydrogen-bond donors (Lipinski definition) is 1. The number of nitrogens with one attached hydrogen (secondary N) is 1. The van der Waals surface area contributed by atoms with Crippen molar-refractivity contribution in [2.75, 3.05) is 31.1 Å². The molecule has 1 saturated heterocycles. The van der Waals surface area contributed by atoms with Gasteiger partial charge in [0.1, 0.15) is 6.04 Å². The number of hydrogen-bond acceptors (Lipinski definition) is 6. The largest absolute Gasteiger partial charge is 0.368 e. The van der Waals surface area contributed by atoms with Crippen molar-refractivity contribution >= 4 is 34.5 Å². The number of nitro benzene ring substituents is 1. The quantitative estimate of drug-likeness (QED) is 0.577. The number of rotatable bonds is 6. The van der Waals surface area contributed by atoms with Gasteiger partial charge in [-0.05, 0) is 29.5 Å². The van der Waals surface area contributed by atoms with Crippen LogP contribution >= 0.6 is 11.3 Å². The highest BCUT2D eigenvalue weighted by atomic mass is 32.1. The summed E-state index contributed by atoms with van der Waals surface area (Å²) in [6, 6.07) is 9.41. The fourth-order valence-electron chi connectivity index (χ4n) is 3.30. The van der Waals surface area contributed by atoms with E-state index in [1.54, 1.807) is 23.1 Å². The maximum atomic E-state index is 13.0. The number of carbonyl (C=O) groups is 2. The van der Waals surface area contributed by atoms with E-state index in [0.29, 0.717) is 31.1 Å². The lowest BCUT2D eigenvalue weighted by atomic mass is 10.0. The Balaban J connectivity index is 1.60. The van der Waals surface area contributed by atoms with E-state index in [2.05, 4.69) is 10.2 Å². The van der Waals surface area contributed by atoms with Crippen molar-refractivity contribution in [3.8, 4) is 0 Å². The Morgan fingerprint density at radius 1 is 1.10 bits per heavy atom. The third kappa shape index (κ3) is 4.92. The highest BCUT2D eigenvalue weighted by molar-refractivity contribution is 7.12. The zero-order chi connectivity index (χ0) is 21.0. The molecule has 1 atom stereocenters. The van der Waals surface area contributed by atoms with Crippen molar-refractivity contribution in [3.05, 3.63) is 56.8 Å². The second-order valence-corrected chi connectivity index (χ2v) is 8.21. The van der Waals surface area contributed by atoms with Gasteiger partial charge in [-0.1, -0.05) is 19.9 Å². The van der Waals surface area contributed by atoms with Crippen LogP contribution in [0.5, 0.6) is 0 Å². The summed E-state index contributed by atoms with van der Waals surface area (Å²) in [5, 5.41) is 15.5. The number of benzene rings is 1. The monoisotopic (exact) mass is 416 g/mol. The topological polar surface area (TPSA) is 95.8 Å². The van der Waals surface area contributed by atoms with Crippen LogP contribution in [0.15, 0.2) is 41.8 Å². The van der Waals surface area contributed by atoms with Gasteiger partial charge < -0.3 is 15.1 Å². The molecule has 1 aliphatic heterocycles. The van der Waals surface area contributed by atoms with Gasteiger partial charge in [0.15, 0.2) is 0 Å². The molecule has 2 heterocycles. The van der Waals surface area contributed by atoms with Crippen molar-refractivity contribution in [2.45, 2.75) is 19.9 Å². The van der Waals surface area contributed by atoms with Crippen LogP contribution in [0.3, 0.4) is 0 Å². The molecule has 2 amide bonds. The molecule has 2 aromatic rings. The first-order valence-corrected chi connectivity index (χ1v) is 10.4. The Labute approximate surface area is 173 Å². The van der Waals surface area contributed by atoms with Gasteiger partial charge in [-0.3, -0.25) is 19.7 Å². The first-order chi connectivity index (χ1) is 13.9. The highest BCUT2D eigenvalue weighted by Gasteiger charge is 2.31. The van der Waals surface area contributed by atoms with E-state index in [-0.39, 0.29) is 23.4 Å². The van der Waals surface area contributed by atoms with Crippen molar-refractivity contribution in [3.63, 3.8) is 0 Å². The standard InChI is InChI=1S/C20H24N4O4S/c1-14(2)18(21-19(25)17-4-3-13-29-17)20(26)23-11-9-22(10-12-23)15-5-7-16(8-6-15)24(27)28/h3-8,13-14,18H,9-12H2,1-2H3,(H,21,25)/t18-/m1/s1. The van der Waals surface area contributed by atoms with E-state index in [1.165, 1.54) is 23.5 Å². The highest BCUT2D eigenvalue weighted by Crippen LogP contribution is 2.21. The van der Waals surface area contributed by atoms with Crippen LogP contribution < -0.4 is 10.2 Å². The number of carbonyl (C=O) groups excluding carboxylic acids is 2. The van der Waals surface area contributed by atoms with Gasteiger partial charge in [-0.2, -0.15) is 0 Å². The van der Waals surface area contributed by atoms with Crippen LogP contribution in [0.1, 0.15) is 23.5 Å². The van der Waals surface area contributed by atoms with E-state index < -0.39 is 11.0 Å². The Kier molecular flexibility index (Phi) is 6.48. The SMILES string of the molecule is CC(C)[C@@H](NC(=O)c1cccs1)C(=O)N1CCN(c2ccc([N+](=O)[O-])cc2)CC1. The zero-order valence-corrected chi connectivity index (χ0v) is 17.2. The number of anilines is 1. The van der Waals surface area contributed by atoms with Crippen LogP contribution in [0.2, 0.25) is 0 Å². The maximum Gasteiger partial charge on any atom is 0.269 e. The van der Waals surface area contributed by atoms with Crippen molar-refractivity contribution < 1.29 is 14.5 Å².